The summed E-state index contributed by atoms with van der Waals surface area (Å²) in [7, 11) is 0. The molecule has 0 aromatic heterocycles. The zero-order valence-electron chi connectivity index (χ0n) is 17.1. The van der Waals surface area contributed by atoms with Crippen molar-refractivity contribution >= 4 is 11.7 Å². The van der Waals surface area contributed by atoms with Gasteiger partial charge in [-0.15, -0.1) is 0 Å². The second-order valence-corrected chi connectivity index (χ2v) is 7.22. The van der Waals surface area contributed by atoms with Crippen molar-refractivity contribution in [2.24, 2.45) is 0 Å². The highest BCUT2D eigenvalue weighted by Gasteiger charge is 2.42. The average molecular weight is 409 g/mol. The first-order valence-corrected chi connectivity index (χ1v) is 10.2. The fourth-order valence-electron chi connectivity index (χ4n) is 3.73. The minimum atomic E-state index is -0.654. The molecule has 2 N–H and O–H groups in total. The summed E-state index contributed by atoms with van der Waals surface area (Å²) >= 11 is 0. The fraction of sp³-hybridized carbons (Fsp3) is 0.333. The molecule has 6 heteroatoms. The number of aryl methyl sites for hydroxylation is 1. The predicted molar refractivity (Wildman–Crippen MR) is 113 cm³/mol. The van der Waals surface area contributed by atoms with E-state index >= 15 is 0 Å². The van der Waals surface area contributed by atoms with Crippen LogP contribution in [0.2, 0.25) is 0 Å². The molecule has 1 heterocycles. The van der Waals surface area contributed by atoms with Crippen LogP contribution in [0.15, 0.2) is 65.9 Å². The van der Waals surface area contributed by atoms with Gasteiger partial charge in [-0.05, 0) is 36.1 Å². The van der Waals surface area contributed by atoms with E-state index in [4.69, 9.17) is 9.84 Å². The van der Waals surface area contributed by atoms with Crippen LogP contribution in [0.25, 0.3) is 0 Å². The zero-order valence-corrected chi connectivity index (χ0v) is 17.1. The number of aliphatic hydroxyl groups is 2. The number of carbonyl (C=O) groups is 2. The van der Waals surface area contributed by atoms with Gasteiger partial charge in [0.1, 0.15) is 12.4 Å². The van der Waals surface area contributed by atoms with Gasteiger partial charge in [-0.3, -0.25) is 9.59 Å². The van der Waals surface area contributed by atoms with Gasteiger partial charge in [0.05, 0.1) is 18.2 Å². The van der Waals surface area contributed by atoms with Crippen molar-refractivity contribution < 1.29 is 24.5 Å². The molecule has 0 saturated carbocycles. The molecule has 0 radical (unpaired) electrons. The Morgan fingerprint density at radius 1 is 1.13 bits per heavy atom. The highest BCUT2D eigenvalue weighted by molar-refractivity contribution is 6.09. The molecule has 0 fully saturated rings. The van der Waals surface area contributed by atoms with Crippen LogP contribution in [-0.2, 0) is 16.0 Å². The second kappa shape index (κ2) is 10.1. The molecule has 6 nitrogen and oxygen atoms in total. The van der Waals surface area contributed by atoms with E-state index in [1.165, 1.54) is 4.90 Å². The number of Topliss-reactive ketones (excluding diaryl/α,β-unsaturated/α-hetero) is 1. The maximum absolute atomic E-state index is 13.1. The van der Waals surface area contributed by atoms with E-state index in [9.17, 15) is 14.7 Å². The van der Waals surface area contributed by atoms with Gasteiger partial charge in [0.2, 0.25) is 0 Å². The largest absolute Gasteiger partial charge is 0.503 e. The molecule has 0 spiro atoms. The Bertz CT molecular complexity index is 922. The van der Waals surface area contributed by atoms with Gasteiger partial charge < -0.3 is 19.8 Å². The first-order chi connectivity index (χ1) is 14.6. The lowest BCUT2D eigenvalue weighted by Crippen LogP contribution is -2.31. The summed E-state index contributed by atoms with van der Waals surface area (Å²) in [6, 6.07) is 16.1. The number of ketones is 1. The van der Waals surface area contributed by atoms with Crippen molar-refractivity contribution in [3.05, 3.63) is 77.1 Å². The molecule has 158 valence electrons. The Balaban J connectivity index is 1.90. The van der Waals surface area contributed by atoms with Crippen LogP contribution >= 0.6 is 0 Å². The summed E-state index contributed by atoms with van der Waals surface area (Å²) in [5, 5.41) is 19.6. The summed E-state index contributed by atoms with van der Waals surface area (Å²) in [6.45, 7) is 2.40. The zero-order chi connectivity index (χ0) is 21.5. The number of hydrogen-bond donors (Lipinski definition) is 2. The molecule has 1 atom stereocenters. The maximum Gasteiger partial charge on any atom is 0.290 e. The maximum atomic E-state index is 13.1. The van der Waals surface area contributed by atoms with Crippen molar-refractivity contribution in [1.29, 1.82) is 0 Å². The molecule has 30 heavy (non-hydrogen) atoms. The highest BCUT2D eigenvalue weighted by Crippen LogP contribution is 2.39. The summed E-state index contributed by atoms with van der Waals surface area (Å²) in [6.07, 6.45) is 1.43. The number of aliphatic hydroxyl groups excluding tert-OH is 2. The van der Waals surface area contributed by atoms with Crippen LogP contribution in [0.3, 0.4) is 0 Å². The average Bonchev–Trinajstić information content (AvgIpc) is 3.02. The molecule has 2 aromatic rings. The highest BCUT2D eigenvalue weighted by atomic mass is 16.5. The van der Waals surface area contributed by atoms with Gasteiger partial charge in [0.25, 0.3) is 5.91 Å². The number of ether oxygens (including phenoxy) is 1. The molecule has 0 saturated heterocycles. The SMILES string of the molecule is CCCN1C(=O)C(O)=C(C(=O)CCc2ccccc2)C1c1cccc(OCCO)c1. The lowest BCUT2D eigenvalue weighted by Gasteiger charge is -2.26. The first-order valence-electron chi connectivity index (χ1n) is 10.2. The van der Waals surface area contributed by atoms with Crippen LogP contribution < -0.4 is 4.74 Å². The molecule has 1 aliphatic rings. The Morgan fingerprint density at radius 2 is 1.90 bits per heavy atom. The van der Waals surface area contributed by atoms with Gasteiger partial charge >= 0.3 is 0 Å². The van der Waals surface area contributed by atoms with E-state index < -0.39 is 17.7 Å². The van der Waals surface area contributed by atoms with Crippen LogP contribution in [0.4, 0.5) is 0 Å². The molecular formula is C24H27NO5. The standard InChI is InChI=1S/C24H27NO5/c1-2-13-25-22(18-9-6-10-19(16-18)30-15-14-26)21(23(28)24(25)29)20(27)12-11-17-7-4-3-5-8-17/h3-10,16,22,26,28H,2,11-15H2,1H3. The number of amides is 1. The van der Waals surface area contributed by atoms with Gasteiger partial charge in [-0.2, -0.15) is 0 Å². The number of carbonyl (C=O) groups excluding carboxylic acids is 2. The summed E-state index contributed by atoms with van der Waals surface area (Å²) in [5.41, 5.74) is 1.86. The quantitative estimate of drug-likeness (QED) is 0.628. The molecule has 1 unspecified atom stereocenters. The third-order valence-corrected chi connectivity index (χ3v) is 5.09. The monoisotopic (exact) mass is 409 g/mol. The van der Waals surface area contributed by atoms with Gasteiger partial charge in [-0.25, -0.2) is 0 Å². The van der Waals surface area contributed by atoms with Crippen molar-refractivity contribution in [1.82, 2.24) is 4.90 Å². The number of nitrogens with zero attached hydrogens (tertiary/aromatic N) is 1. The predicted octanol–water partition coefficient (Wildman–Crippen LogP) is 3.37. The number of hydrogen-bond acceptors (Lipinski definition) is 5. The molecule has 3 rings (SSSR count). The van der Waals surface area contributed by atoms with Crippen molar-refractivity contribution in [2.75, 3.05) is 19.8 Å². The molecule has 1 amide bonds. The molecular weight excluding hydrogens is 382 g/mol. The first kappa shape index (κ1) is 21.6. The number of rotatable bonds is 10. The Kier molecular flexibility index (Phi) is 7.25. The Hall–Kier alpha value is -3.12. The topological polar surface area (TPSA) is 87.1 Å². The molecule has 0 bridgehead atoms. The third-order valence-electron chi connectivity index (χ3n) is 5.09. The van der Waals surface area contributed by atoms with E-state index in [0.717, 1.165) is 5.56 Å². The molecule has 2 aromatic carbocycles. The summed E-state index contributed by atoms with van der Waals surface area (Å²) in [5.74, 6) is -0.692. The minimum absolute atomic E-state index is 0.113. The minimum Gasteiger partial charge on any atom is -0.503 e. The molecule has 0 aliphatic carbocycles. The molecule has 1 aliphatic heterocycles. The van der Waals surface area contributed by atoms with Gasteiger partial charge in [0.15, 0.2) is 11.5 Å². The van der Waals surface area contributed by atoms with Crippen LogP contribution in [0.1, 0.15) is 36.9 Å². The van der Waals surface area contributed by atoms with Crippen molar-refractivity contribution in [3.8, 4) is 5.75 Å². The van der Waals surface area contributed by atoms with Crippen molar-refractivity contribution in [2.45, 2.75) is 32.2 Å². The van der Waals surface area contributed by atoms with Gasteiger partial charge in [0, 0.05) is 13.0 Å². The van der Waals surface area contributed by atoms with E-state index in [2.05, 4.69) is 0 Å². The van der Waals surface area contributed by atoms with Crippen LogP contribution in [0, 0.1) is 0 Å². The third kappa shape index (κ3) is 4.71. The normalized spacial score (nSPS) is 16.3. The summed E-state index contributed by atoms with van der Waals surface area (Å²) < 4.78 is 5.49. The van der Waals surface area contributed by atoms with E-state index in [0.29, 0.717) is 30.7 Å². The second-order valence-electron chi connectivity index (χ2n) is 7.22. The smallest absolute Gasteiger partial charge is 0.290 e. The summed E-state index contributed by atoms with van der Waals surface area (Å²) in [4.78, 5) is 27.4. The van der Waals surface area contributed by atoms with E-state index in [1.54, 1.807) is 18.2 Å². The van der Waals surface area contributed by atoms with E-state index in [-0.39, 0.29) is 31.0 Å². The Morgan fingerprint density at radius 3 is 2.60 bits per heavy atom. The van der Waals surface area contributed by atoms with Crippen molar-refractivity contribution in [3.63, 3.8) is 0 Å². The van der Waals surface area contributed by atoms with E-state index in [1.807, 2.05) is 43.3 Å². The Labute approximate surface area is 176 Å². The lowest BCUT2D eigenvalue weighted by atomic mass is 9.93. The van der Waals surface area contributed by atoms with Gasteiger partial charge in [-0.1, -0.05) is 49.4 Å². The number of benzene rings is 2. The van der Waals surface area contributed by atoms with Crippen LogP contribution in [0.5, 0.6) is 5.75 Å². The van der Waals surface area contributed by atoms with Crippen LogP contribution in [-0.4, -0.2) is 46.6 Å². The fourth-order valence-corrected chi connectivity index (χ4v) is 3.73. The lowest BCUT2D eigenvalue weighted by molar-refractivity contribution is -0.129.